The van der Waals surface area contributed by atoms with Crippen LogP contribution in [0.1, 0.15) is 37.2 Å². The van der Waals surface area contributed by atoms with Crippen molar-refractivity contribution in [2.45, 2.75) is 31.6 Å². The summed E-state index contributed by atoms with van der Waals surface area (Å²) in [4.78, 5) is 0. The summed E-state index contributed by atoms with van der Waals surface area (Å²) in [6.07, 6.45) is 5.62. The van der Waals surface area contributed by atoms with Gasteiger partial charge in [0.25, 0.3) is 0 Å². The Morgan fingerprint density at radius 3 is 3.00 bits per heavy atom. The minimum Gasteiger partial charge on any atom is -0.384 e. The van der Waals surface area contributed by atoms with Gasteiger partial charge in [0.1, 0.15) is 0 Å². The maximum absolute atomic E-state index is 3.64. The van der Waals surface area contributed by atoms with Gasteiger partial charge in [-0.3, -0.25) is 0 Å². The summed E-state index contributed by atoms with van der Waals surface area (Å²) in [5, 5.41) is 3.58. The predicted molar refractivity (Wildman–Crippen MR) is 67.3 cm³/mol. The van der Waals surface area contributed by atoms with Crippen molar-refractivity contribution >= 4 is 21.6 Å². The first kappa shape index (κ1) is 9.71. The summed E-state index contributed by atoms with van der Waals surface area (Å²) in [7, 11) is 0. The van der Waals surface area contributed by atoms with Crippen LogP contribution in [0.4, 0.5) is 5.69 Å². The fourth-order valence-corrected chi connectivity index (χ4v) is 3.65. The molecule has 2 heteroatoms. The van der Waals surface area contributed by atoms with Crippen LogP contribution in [-0.4, -0.2) is 6.54 Å². The van der Waals surface area contributed by atoms with Crippen LogP contribution in [0.15, 0.2) is 22.7 Å². The zero-order valence-corrected chi connectivity index (χ0v) is 10.4. The third-order valence-electron chi connectivity index (χ3n) is 3.90. The van der Waals surface area contributed by atoms with Gasteiger partial charge in [-0.25, -0.2) is 0 Å². The van der Waals surface area contributed by atoms with Gasteiger partial charge >= 0.3 is 0 Å². The molecular weight excluding hydrogens is 250 g/mol. The summed E-state index contributed by atoms with van der Waals surface area (Å²) in [5.74, 6) is 1.69. The minimum atomic E-state index is 0.812. The fourth-order valence-electron chi connectivity index (χ4n) is 3.13. The van der Waals surface area contributed by atoms with Crippen LogP contribution in [0.3, 0.4) is 0 Å². The van der Waals surface area contributed by atoms with E-state index in [4.69, 9.17) is 0 Å². The molecule has 0 aromatic heterocycles. The molecule has 0 saturated heterocycles. The number of benzene rings is 1. The number of hydrogen-bond donors (Lipinski definition) is 1. The van der Waals surface area contributed by atoms with Gasteiger partial charge < -0.3 is 5.32 Å². The smallest absolute Gasteiger partial charge is 0.0520 e. The highest BCUT2D eigenvalue weighted by Crippen LogP contribution is 2.45. The normalized spacial score (nSPS) is 28.9. The summed E-state index contributed by atoms with van der Waals surface area (Å²) >= 11 is 3.64. The monoisotopic (exact) mass is 265 g/mol. The van der Waals surface area contributed by atoms with Crippen molar-refractivity contribution in [3.05, 3.63) is 28.2 Å². The largest absolute Gasteiger partial charge is 0.384 e. The number of halogens is 1. The Bertz CT molecular complexity index is 375. The fraction of sp³-hybridized carbons (Fsp3) is 0.538. The third-order valence-corrected chi connectivity index (χ3v) is 4.56. The maximum atomic E-state index is 3.64. The Kier molecular flexibility index (Phi) is 2.47. The van der Waals surface area contributed by atoms with Crippen molar-refractivity contribution in [1.82, 2.24) is 0 Å². The minimum absolute atomic E-state index is 0.812. The summed E-state index contributed by atoms with van der Waals surface area (Å²) in [6.45, 7) is 1.17. The molecule has 0 bridgehead atoms. The van der Waals surface area contributed by atoms with E-state index in [-0.39, 0.29) is 0 Å². The van der Waals surface area contributed by atoms with Gasteiger partial charge in [0.05, 0.1) is 5.69 Å². The van der Waals surface area contributed by atoms with Crippen molar-refractivity contribution in [3.63, 3.8) is 0 Å². The average Bonchev–Trinajstić information content (AvgIpc) is 2.29. The SMILES string of the molecule is Brc1cccc2c1NCC1CCCCC21. The Morgan fingerprint density at radius 1 is 1.20 bits per heavy atom. The average molecular weight is 266 g/mol. The topological polar surface area (TPSA) is 12.0 Å². The van der Waals surface area contributed by atoms with Gasteiger partial charge in [-0.1, -0.05) is 25.0 Å². The molecule has 1 saturated carbocycles. The van der Waals surface area contributed by atoms with Gasteiger partial charge in [-0.05, 0) is 52.2 Å². The Hall–Kier alpha value is -0.500. The first-order valence-corrected chi connectivity index (χ1v) is 6.68. The second-order valence-electron chi connectivity index (χ2n) is 4.74. The molecule has 1 aromatic rings. The molecule has 1 aromatic carbocycles. The molecule has 2 aliphatic rings. The van der Waals surface area contributed by atoms with E-state index in [1.165, 1.54) is 42.4 Å². The molecule has 1 aliphatic carbocycles. The number of anilines is 1. The molecule has 1 nitrogen and oxygen atoms in total. The molecule has 2 atom stereocenters. The molecule has 15 heavy (non-hydrogen) atoms. The van der Waals surface area contributed by atoms with Gasteiger partial charge in [-0.2, -0.15) is 0 Å². The van der Waals surface area contributed by atoms with E-state index < -0.39 is 0 Å². The quantitative estimate of drug-likeness (QED) is 0.743. The highest BCUT2D eigenvalue weighted by molar-refractivity contribution is 9.10. The number of nitrogens with one attached hydrogen (secondary N) is 1. The van der Waals surface area contributed by atoms with E-state index >= 15 is 0 Å². The molecule has 0 spiro atoms. The van der Waals surface area contributed by atoms with Gasteiger partial charge in [-0.15, -0.1) is 0 Å². The van der Waals surface area contributed by atoms with Crippen LogP contribution in [0.25, 0.3) is 0 Å². The van der Waals surface area contributed by atoms with Crippen LogP contribution in [-0.2, 0) is 0 Å². The maximum Gasteiger partial charge on any atom is 0.0520 e. The molecule has 1 heterocycles. The van der Waals surface area contributed by atoms with E-state index in [0.717, 1.165) is 11.8 Å². The second-order valence-corrected chi connectivity index (χ2v) is 5.59. The first-order chi connectivity index (χ1) is 7.36. The molecule has 1 N–H and O–H groups in total. The Labute approximate surface area is 99.4 Å². The van der Waals surface area contributed by atoms with Crippen LogP contribution >= 0.6 is 15.9 Å². The van der Waals surface area contributed by atoms with E-state index in [2.05, 4.69) is 39.4 Å². The van der Waals surface area contributed by atoms with Gasteiger partial charge in [0, 0.05) is 11.0 Å². The highest BCUT2D eigenvalue weighted by Gasteiger charge is 2.31. The lowest BCUT2D eigenvalue weighted by atomic mass is 9.73. The van der Waals surface area contributed by atoms with Gasteiger partial charge in [0.2, 0.25) is 0 Å². The van der Waals surface area contributed by atoms with Crippen molar-refractivity contribution in [2.24, 2.45) is 5.92 Å². The Balaban J connectivity index is 2.03. The third kappa shape index (κ3) is 1.59. The molecule has 80 valence electrons. The van der Waals surface area contributed by atoms with E-state index in [9.17, 15) is 0 Å². The van der Waals surface area contributed by atoms with E-state index in [1.807, 2.05) is 0 Å². The second kappa shape index (κ2) is 3.82. The summed E-state index contributed by atoms with van der Waals surface area (Å²) in [6, 6.07) is 6.60. The predicted octanol–water partition coefficient (Wildman–Crippen LogP) is 4.15. The highest BCUT2D eigenvalue weighted by atomic mass is 79.9. The molecule has 1 aliphatic heterocycles. The number of para-hydroxylation sites is 1. The molecule has 2 unspecified atom stereocenters. The van der Waals surface area contributed by atoms with Crippen molar-refractivity contribution < 1.29 is 0 Å². The molecule has 3 rings (SSSR count). The zero-order chi connectivity index (χ0) is 10.3. The summed E-state index contributed by atoms with van der Waals surface area (Å²) in [5.41, 5.74) is 2.89. The Morgan fingerprint density at radius 2 is 2.07 bits per heavy atom. The van der Waals surface area contributed by atoms with Crippen molar-refractivity contribution in [1.29, 1.82) is 0 Å². The van der Waals surface area contributed by atoms with Crippen LogP contribution in [0, 0.1) is 5.92 Å². The first-order valence-electron chi connectivity index (χ1n) is 5.88. The van der Waals surface area contributed by atoms with Crippen LogP contribution in [0.2, 0.25) is 0 Å². The molecular formula is C13H16BrN. The molecule has 0 radical (unpaired) electrons. The zero-order valence-electron chi connectivity index (χ0n) is 8.80. The van der Waals surface area contributed by atoms with Crippen LogP contribution < -0.4 is 5.32 Å². The van der Waals surface area contributed by atoms with Crippen molar-refractivity contribution in [2.75, 3.05) is 11.9 Å². The van der Waals surface area contributed by atoms with E-state index in [0.29, 0.717) is 0 Å². The summed E-state index contributed by atoms with van der Waals surface area (Å²) < 4.78 is 1.23. The molecule has 1 fully saturated rings. The van der Waals surface area contributed by atoms with Crippen molar-refractivity contribution in [3.8, 4) is 0 Å². The molecule has 0 amide bonds. The lowest BCUT2D eigenvalue weighted by Crippen LogP contribution is -2.30. The van der Waals surface area contributed by atoms with E-state index in [1.54, 1.807) is 5.56 Å². The van der Waals surface area contributed by atoms with Gasteiger partial charge in [0.15, 0.2) is 0 Å². The lowest BCUT2D eigenvalue weighted by molar-refractivity contribution is 0.313. The number of fused-ring (bicyclic) bond motifs is 3. The lowest BCUT2D eigenvalue weighted by Gasteiger charge is -2.38. The number of rotatable bonds is 0. The van der Waals surface area contributed by atoms with Crippen LogP contribution in [0.5, 0.6) is 0 Å². The standard InChI is InChI=1S/C13H16BrN/c14-12-7-3-6-11-10-5-2-1-4-9(10)8-15-13(11)12/h3,6-7,9-10,15H,1-2,4-5,8H2. The number of hydrogen-bond acceptors (Lipinski definition) is 1.